The van der Waals surface area contributed by atoms with E-state index in [0.29, 0.717) is 0 Å². The number of nitrogens with zero attached hydrogens (tertiary/aromatic N) is 2. The highest BCUT2D eigenvalue weighted by atomic mass is 32.2. The van der Waals surface area contributed by atoms with E-state index in [4.69, 9.17) is 8.57 Å². The highest BCUT2D eigenvalue weighted by molar-refractivity contribution is 7.87. The van der Waals surface area contributed by atoms with Crippen molar-refractivity contribution in [3.8, 4) is 45.8 Å². The van der Waals surface area contributed by atoms with E-state index in [1.807, 2.05) is 0 Å². The lowest BCUT2D eigenvalue weighted by atomic mass is 9.86. The fraction of sp³-hybridized carbons (Fsp3) is 0.545. The summed E-state index contributed by atoms with van der Waals surface area (Å²) in [6, 6.07) is 12.3. The Morgan fingerprint density at radius 3 is 0.897 bits per heavy atom. The molecule has 0 amide bonds. The van der Waals surface area contributed by atoms with Gasteiger partial charge in [0.2, 0.25) is 23.5 Å². The quantitative estimate of drug-likeness (QED) is 0.0354. The van der Waals surface area contributed by atoms with Crippen LogP contribution >= 0.6 is 0 Å². The van der Waals surface area contributed by atoms with Crippen LogP contribution in [-0.4, -0.2) is 46.7 Å². The van der Waals surface area contributed by atoms with Crippen molar-refractivity contribution >= 4 is 20.2 Å². The number of aryl methyl sites for hydroxylation is 2. The Labute approximate surface area is 344 Å². The van der Waals surface area contributed by atoms with Gasteiger partial charge in [-0.1, -0.05) is 163 Å². The summed E-state index contributed by atoms with van der Waals surface area (Å²) in [6.45, 7) is 4.44. The molecule has 2 heterocycles. The number of fused-ring (bicyclic) bond motifs is 4. The van der Waals surface area contributed by atoms with Crippen LogP contribution in [-0.2, 0) is 33.1 Å². The molecule has 5 rings (SSSR count). The molecule has 2 aromatic carbocycles. The van der Waals surface area contributed by atoms with Gasteiger partial charge in [0.25, 0.3) is 0 Å². The van der Waals surface area contributed by atoms with E-state index in [-0.39, 0.29) is 41.5 Å². The zero-order chi connectivity index (χ0) is 41.7. The van der Waals surface area contributed by atoms with Crippen molar-refractivity contribution in [1.29, 1.82) is 0 Å². The van der Waals surface area contributed by atoms with Gasteiger partial charge >= 0.3 is 20.2 Å². The maximum Gasteiger partial charge on any atom is 0.357 e. The summed E-state index contributed by atoms with van der Waals surface area (Å²) in [7, 11) is -9.11. The molecule has 1 aliphatic carbocycles. The molecule has 4 aromatic rings. The van der Waals surface area contributed by atoms with Crippen LogP contribution in [0.25, 0.3) is 22.3 Å². The Hall–Kier alpha value is -4.30. The van der Waals surface area contributed by atoms with Crippen LogP contribution in [0.1, 0.15) is 153 Å². The molecule has 0 fully saturated rings. The van der Waals surface area contributed by atoms with E-state index >= 15 is 0 Å². The van der Waals surface area contributed by atoms with Gasteiger partial charge in [0.05, 0.1) is 22.3 Å². The van der Waals surface area contributed by atoms with Crippen LogP contribution in [0.4, 0.5) is 0 Å². The first-order valence-corrected chi connectivity index (χ1v) is 24.1. The van der Waals surface area contributed by atoms with E-state index in [2.05, 4.69) is 13.8 Å². The monoisotopic (exact) mass is 842 g/mol. The number of hydrogen-bond acceptors (Lipinski definition) is 10. The van der Waals surface area contributed by atoms with E-state index in [9.17, 15) is 37.3 Å². The van der Waals surface area contributed by atoms with Crippen LogP contribution in [0, 0.1) is 0 Å². The van der Waals surface area contributed by atoms with Gasteiger partial charge in [0, 0.05) is 0 Å². The molecule has 1 aliphatic rings. The van der Waals surface area contributed by atoms with E-state index in [1.165, 1.54) is 127 Å². The number of aromatic nitrogens is 2. The van der Waals surface area contributed by atoms with Gasteiger partial charge in [0.1, 0.15) is 9.79 Å². The van der Waals surface area contributed by atoms with Crippen molar-refractivity contribution < 1.29 is 45.8 Å². The largest absolute Gasteiger partial charge is 0.492 e. The Bertz CT molecular complexity index is 1920. The molecular weight excluding hydrogens is 781 g/mol. The summed E-state index contributed by atoms with van der Waals surface area (Å²) in [5.41, 5.74) is 0.875. The zero-order valence-electron chi connectivity index (χ0n) is 34.1. The summed E-state index contributed by atoms with van der Waals surface area (Å²) in [4.78, 5) is -0.426. The first-order valence-electron chi connectivity index (χ1n) is 21.3. The third-order valence-corrected chi connectivity index (χ3v) is 13.5. The van der Waals surface area contributed by atoms with Crippen molar-refractivity contribution in [3.63, 3.8) is 0 Å². The van der Waals surface area contributed by atoms with E-state index in [1.54, 1.807) is 24.3 Å². The highest BCUT2D eigenvalue weighted by Gasteiger charge is 2.46. The van der Waals surface area contributed by atoms with Crippen molar-refractivity contribution in [2.45, 2.75) is 165 Å². The second-order valence-electron chi connectivity index (χ2n) is 15.6. The molecule has 58 heavy (non-hydrogen) atoms. The van der Waals surface area contributed by atoms with Crippen LogP contribution in [0.2, 0.25) is 0 Å². The molecule has 2 aromatic heterocycles. The summed E-state index contributed by atoms with van der Waals surface area (Å²) in [6.07, 6.45) is 26.0. The maximum atomic E-state index is 13.2. The second kappa shape index (κ2) is 21.1. The van der Waals surface area contributed by atoms with Crippen molar-refractivity contribution in [2.24, 2.45) is 0 Å². The smallest absolute Gasteiger partial charge is 0.357 e. The molecule has 0 saturated heterocycles. The molecule has 0 spiro atoms. The molecular formula is C44H62N2O10S2. The van der Waals surface area contributed by atoms with Gasteiger partial charge in [-0.25, -0.2) is 0 Å². The van der Waals surface area contributed by atoms with Crippen molar-refractivity contribution in [2.75, 3.05) is 0 Å². The molecule has 0 bridgehead atoms. The van der Waals surface area contributed by atoms with Gasteiger partial charge in [-0.3, -0.25) is 8.57 Å². The Balaban J connectivity index is 1.13. The predicted octanol–water partition coefficient (Wildman–Crippen LogP) is 10.3. The van der Waals surface area contributed by atoms with Crippen LogP contribution in [0.15, 0.2) is 58.3 Å². The van der Waals surface area contributed by atoms with Gasteiger partial charge in [-0.05, 0) is 61.1 Å². The topological polar surface area (TPSA) is 178 Å². The number of aromatic hydroxyl groups is 4. The van der Waals surface area contributed by atoms with Crippen molar-refractivity contribution in [3.05, 3.63) is 59.7 Å². The maximum absolute atomic E-state index is 13.2. The average molecular weight is 843 g/mol. The lowest BCUT2D eigenvalue weighted by Crippen LogP contribution is -2.20. The summed E-state index contributed by atoms with van der Waals surface area (Å²) in [5, 5.41) is 43.8. The fourth-order valence-corrected chi connectivity index (χ4v) is 9.43. The zero-order valence-corrected chi connectivity index (χ0v) is 35.8. The highest BCUT2D eigenvalue weighted by Crippen LogP contribution is 2.64. The van der Waals surface area contributed by atoms with Crippen LogP contribution in [0.5, 0.6) is 23.5 Å². The molecule has 0 saturated carbocycles. The van der Waals surface area contributed by atoms with E-state index < -0.39 is 43.8 Å². The number of hydrogen-bond donors (Lipinski definition) is 4. The molecule has 14 heteroatoms. The molecule has 0 unspecified atom stereocenters. The SMILES string of the molecule is CCCCCCCCCCCCc1ccc(S(=O)(=O)On2c(O)c3c(c2O)-c2c-3c(O)n(OS(=O)(=O)c3ccc(CCCCCCCCCCCC)cc3)c2O)cc1. The first kappa shape index (κ1) is 44.8. The minimum atomic E-state index is -4.56. The molecule has 0 aliphatic heterocycles. The Kier molecular flexibility index (Phi) is 16.3. The van der Waals surface area contributed by atoms with Gasteiger partial charge in [0.15, 0.2) is 0 Å². The predicted molar refractivity (Wildman–Crippen MR) is 225 cm³/mol. The minimum Gasteiger partial charge on any atom is -0.492 e. The third kappa shape index (κ3) is 11.0. The lowest BCUT2D eigenvalue weighted by molar-refractivity contribution is 0.201. The Morgan fingerprint density at radius 2 is 0.638 bits per heavy atom. The van der Waals surface area contributed by atoms with Crippen molar-refractivity contribution in [1.82, 2.24) is 9.46 Å². The van der Waals surface area contributed by atoms with Crippen LogP contribution < -0.4 is 8.57 Å². The number of rotatable bonds is 28. The molecule has 0 atom stereocenters. The summed E-state index contributed by atoms with van der Waals surface area (Å²) >= 11 is 0. The van der Waals surface area contributed by atoms with Gasteiger partial charge in [-0.2, -0.15) is 16.8 Å². The molecule has 320 valence electrons. The first-order chi connectivity index (χ1) is 27.9. The summed E-state index contributed by atoms with van der Waals surface area (Å²) in [5.74, 6) is -3.58. The number of unbranched alkanes of at least 4 members (excludes halogenated alkanes) is 18. The van der Waals surface area contributed by atoms with E-state index in [0.717, 1.165) is 49.7 Å². The molecule has 0 radical (unpaired) electrons. The molecule has 12 nitrogen and oxygen atoms in total. The standard InChI is InChI=1S/C44H62N2O10S2/c1-3-5-7-9-11-13-15-17-19-21-23-33-25-29-35(30-26-33)57(51,52)55-45-41(47)37-38(42(45)48)40-39(37)43(49)46(44(40)50)56-58(53,54)36-31-27-34(28-32-36)24-22-20-18-16-14-12-10-8-6-4-2/h25-32,47-50H,3-24H2,1-2H3. The normalized spacial score (nSPS) is 12.3. The van der Waals surface area contributed by atoms with Gasteiger partial charge < -0.3 is 20.4 Å². The Morgan fingerprint density at radius 1 is 0.397 bits per heavy atom. The summed E-state index contributed by atoms with van der Waals surface area (Å²) < 4.78 is 63.5. The number of benzene rings is 2. The van der Waals surface area contributed by atoms with Crippen LogP contribution in [0.3, 0.4) is 0 Å². The average Bonchev–Trinajstić information content (AvgIpc) is 3.50. The molecule has 4 N–H and O–H groups in total. The fourth-order valence-electron chi connectivity index (χ4n) is 7.64. The second-order valence-corrected chi connectivity index (χ2v) is 18.6. The minimum absolute atomic E-state index is 0.213. The van der Waals surface area contributed by atoms with Gasteiger partial charge in [-0.15, -0.1) is 0 Å². The lowest BCUT2D eigenvalue weighted by Gasteiger charge is -2.13. The third-order valence-electron chi connectivity index (χ3n) is 11.1.